The van der Waals surface area contributed by atoms with Crippen LogP contribution in [0, 0.1) is 11.8 Å². The molecule has 0 fully saturated rings. The summed E-state index contributed by atoms with van der Waals surface area (Å²) >= 11 is 0. The van der Waals surface area contributed by atoms with E-state index in [4.69, 9.17) is 10.8 Å². The predicted octanol–water partition coefficient (Wildman–Crippen LogP) is 2.01. The summed E-state index contributed by atoms with van der Waals surface area (Å²) in [6.07, 6.45) is 2.19. The van der Waals surface area contributed by atoms with Crippen LogP contribution in [-0.2, 0) is 11.2 Å². The summed E-state index contributed by atoms with van der Waals surface area (Å²) in [5.74, 6) is -0.719. The molecule has 4 N–H and O–H groups in total. The Morgan fingerprint density at radius 2 is 2.06 bits per heavy atom. The van der Waals surface area contributed by atoms with Crippen molar-refractivity contribution in [2.75, 3.05) is 6.54 Å². The van der Waals surface area contributed by atoms with E-state index in [0.29, 0.717) is 12.2 Å². The number of nitrogens with two attached hydrogens (primary N) is 1. The zero-order valence-corrected chi connectivity index (χ0v) is 10.7. The molecule has 1 aromatic rings. The van der Waals surface area contributed by atoms with Crippen LogP contribution in [0.2, 0.25) is 0 Å². The van der Waals surface area contributed by atoms with Crippen LogP contribution in [-0.4, -0.2) is 22.7 Å². The molecule has 100 valence electrons. The number of carboxylic acid groups (broad SMARTS) is 1. The Bertz CT molecular complexity index is 392. The Kier molecular flexibility index (Phi) is 5.65. The number of aromatic hydroxyl groups is 1. The summed E-state index contributed by atoms with van der Waals surface area (Å²) in [6.45, 7) is 2.20. The topological polar surface area (TPSA) is 83.5 Å². The van der Waals surface area contributed by atoms with Crippen molar-refractivity contribution in [2.24, 2.45) is 17.6 Å². The Morgan fingerprint density at radius 1 is 1.39 bits per heavy atom. The lowest BCUT2D eigenvalue weighted by molar-refractivity contribution is -0.141. The second kappa shape index (κ2) is 7.01. The van der Waals surface area contributed by atoms with Crippen molar-refractivity contribution >= 4 is 5.97 Å². The molecule has 0 radical (unpaired) electrons. The van der Waals surface area contributed by atoms with Crippen molar-refractivity contribution < 1.29 is 15.0 Å². The van der Waals surface area contributed by atoms with Gasteiger partial charge in [0.05, 0.1) is 5.92 Å². The molecule has 2 unspecified atom stereocenters. The smallest absolute Gasteiger partial charge is 0.307 e. The third kappa shape index (κ3) is 4.37. The number of aryl methyl sites for hydroxylation is 1. The molecule has 0 spiro atoms. The number of phenolic OH excluding ortho intramolecular Hbond substituents is 1. The van der Waals surface area contributed by atoms with Crippen LogP contribution < -0.4 is 5.73 Å². The van der Waals surface area contributed by atoms with Crippen molar-refractivity contribution in [3.8, 4) is 5.75 Å². The summed E-state index contributed by atoms with van der Waals surface area (Å²) in [5.41, 5.74) is 6.34. The Labute approximate surface area is 107 Å². The van der Waals surface area contributed by atoms with E-state index >= 15 is 0 Å². The fourth-order valence-electron chi connectivity index (χ4n) is 2.03. The van der Waals surface area contributed by atoms with Crippen LogP contribution in [0.5, 0.6) is 5.75 Å². The number of carbonyl (C=O) groups is 1. The first-order valence-corrected chi connectivity index (χ1v) is 6.24. The molecule has 0 aliphatic heterocycles. The molecule has 0 aliphatic carbocycles. The minimum absolute atomic E-state index is 0.177. The fourth-order valence-corrected chi connectivity index (χ4v) is 2.03. The zero-order chi connectivity index (χ0) is 13.5. The Balaban J connectivity index is 2.44. The maximum absolute atomic E-state index is 10.9. The van der Waals surface area contributed by atoms with Crippen LogP contribution in [0.25, 0.3) is 0 Å². The number of benzene rings is 1. The van der Waals surface area contributed by atoms with Gasteiger partial charge in [-0.25, -0.2) is 0 Å². The predicted molar refractivity (Wildman–Crippen MR) is 70.4 cm³/mol. The van der Waals surface area contributed by atoms with E-state index in [1.54, 1.807) is 12.1 Å². The molecular formula is C14H21NO3. The lowest BCUT2D eigenvalue weighted by atomic mass is 9.91. The monoisotopic (exact) mass is 251 g/mol. The van der Waals surface area contributed by atoms with Crippen molar-refractivity contribution in [1.29, 1.82) is 0 Å². The normalized spacial score (nSPS) is 14.1. The second-order valence-electron chi connectivity index (χ2n) is 4.78. The van der Waals surface area contributed by atoms with Gasteiger partial charge in [0.25, 0.3) is 0 Å². The summed E-state index contributed by atoms with van der Waals surface area (Å²) in [6, 6.07) is 7.23. The van der Waals surface area contributed by atoms with E-state index in [1.807, 2.05) is 19.1 Å². The van der Waals surface area contributed by atoms with Crippen LogP contribution in [0.15, 0.2) is 24.3 Å². The molecule has 0 heterocycles. The largest absolute Gasteiger partial charge is 0.508 e. The van der Waals surface area contributed by atoms with Gasteiger partial charge < -0.3 is 15.9 Å². The molecule has 18 heavy (non-hydrogen) atoms. The van der Waals surface area contributed by atoms with Gasteiger partial charge in [-0.2, -0.15) is 0 Å². The lowest BCUT2D eigenvalue weighted by Gasteiger charge is -2.16. The lowest BCUT2D eigenvalue weighted by Crippen LogP contribution is -2.25. The van der Waals surface area contributed by atoms with Crippen LogP contribution in [0.1, 0.15) is 25.3 Å². The van der Waals surface area contributed by atoms with Gasteiger partial charge in [0, 0.05) is 6.54 Å². The van der Waals surface area contributed by atoms with Gasteiger partial charge in [-0.3, -0.25) is 4.79 Å². The summed E-state index contributed by atoms with van der Waals surface area (Å²) in [4.78, 5) is 10.9. The Morgan fingerprint density at radius 3 is 2.61 bits per heavy atom. The first-order chi connectivity index (χ1) is 8.54. The van der Waals surface area contributed by atoms with Gasteiger partial charge in [-0.05, 0) is 36.8 Å². The molecular weight excluding hydrogens is 230 g/mol. The van der Waals surface area contributed by atoms with Crippen LogP contribution >= 0.6 is 0 Å². The minimum Gasteiger partial charge on any atom is -0.508 e. The highest BCUT2D eigenvalue weighted by molar-refractivity contribution is 5.70. The van der Waals surface area contributed by atoms with Crippen molar-refractivity contribution in [2.45, 2.75) is 26.2 Å². The quantitative estimate of drug-likeness (QED) is 0.692. The van der Waals surface area contributed by atoms with Crippen molar-refractivity contribution in [1.82, 2.24) is 0 Å². The highest BCUT2D eigenvalue weighted by Gasteiger charge is 2.18. The average molecular weight is 251 g/mol. The molecule has 0 saturated carbocycles. The van der Waals surface area contributed by atoms with E-state index in [-0.39, 0.29) is 12.5 Å². The SMILES string of the molecule is CC(CCc1ccccc1O)CC(CN)C(=O)O. The van der Waals surface area contributed by atoms with Crippen molar-refractivity contribution in [3.63, 3.8) is 0 Å². The first-order valence-electron chi connectivity index (χ1n) is 6.24. The number of para-hydroxylation sites is 1. The molecule has 4 nitrogen and oxygen atoms in total. The first kappa shape index (κ1) is 14.5. The number of phenols is 1. The third-order valence-corrected chi connectivity index (χ3v) is 3.22. The van der Waals surface area contributed by atoms with Crippen molar-refractivity contribution in [3.05, 3.63) is 29.8 Å². The molecule has 0 aromatic heterocycles. The maximum Gasteiger partial charge on any atom is 0.307 e. The van der Waals surface area contributed by atoms with Crippen LogP contribution in [0.3, 0.4) is 0 Å². The highest BCUT2D eigenvalue weighted by Crippen LogP contribution is 2.22. The summed E-state index contributed by atoms with van der Waals surface area (Å²) < 4.78 is 0. The molecule has 0 bridgehead atoms. The number of aliphatic carboxylic acids is 1. The van der Waals surface area contributed by atoms with Gasteiger partial charge in [0.2, 0.25) is 0 Å². The second-order valence-corrected chi connectivity index (χ2v) is 4.78. The number of hydrogen-bond donors (Lipinski definition) is 3. The molecule has 0 amide bonds. The van der Waals surface area contributed by atoms with Gasteiger partial charge in [0.1, 0.15) is 5.75 Å². The average Bonchev–Trinajstić information content (AvgIpc) is 2.34. The van der Waals surface area contributed by atoms with E-state index in [1.165, 1.54) is 0 Å². The van der Waals surface area contributed by atoms with Gasteiger partial charge in [-0.1, -0.05) is 25.1 Å². The number of carboxylic acids is 1. The minimum atomic E-state index is -0.827. The highest BCUT2D eigenvalue weighted by atomic mass is 16.4. The number of rotatable bonds is 7. The maximum atomic E-state index is 10.9. The van der Waals surface area contributed by atoms with Gasteiger partial charge in [0.15, 0.2) is 0 Å². The van der Waals surface area contributed by atoms with E-state index in [0.717, 1.165) is 18.4 Å². The van der Waals surface area contributed by atoms with Crippen LogP contribution in [0.4, 0.5) is 0 Å². The van der Waals surface area contributed by atoms with Gasteiger partial charge >= 0.3 is 5.97 Å². The van der Waals surface area contributed by atoms with Gasteiger partial charge in [-0.15, -0.1) is 0 Å². The summed E-state index contributed by atoms with van der Waals surface area (Å²) in [7, 11) is 0. The molecule has 0 aliphatic rings. The zero-order valence-electron chi connectivity index (χ0n) is 10.7. The van der Waals surface area contributed by atoms with E-state index < -0.39 is 11.9 Å². The van der Waals surface area contributed by atoms with E-state index in [2.05, 4.69) is 0 Å². The third-order valence-electron chi connectivity index (χ3n) is 3.22. The molecule has 0 saturated heterocycles. The molecule has 1 rings (SSSR count). The standard InChI is InChI=1S/C14H21NO3/c1-10(8-12(9-15)14(17)18)6-7-11-4-2-3-5-13(11)16/h2-5,10,12,16H,6-9,15H2,1H3,(H,17,18). The van der Waals surface area contributed by atoms with E-state index in [9.17, 15) is 9.90 Å². The summed E-state index contributed by atoms with van der Waals surface area (Å²) in [5, 5.41) is 18.6. The molecule has 1 aromatic carbocycles. The Hall–Kier alpha value is -1.55. The fraction of sp³-hybridized carbons (Fsp3) is 0.500. The number of hydrogen-bond acceptors (Lipinski definition) is 3. The molecule has 2 atom stereocenters. The molecule has 4 heteroatoms.